The van der Waals surface area contributed by atoms with Crippen LogP contribution < -0.4 is 10.2 Å². The lowest BCUT2D eigenvalue weighted by atomic mass is 10.1. The van der Waals surface area contributed by atoms with Gasteiger partial charge in [-0.2, -0.15) is 10.4 Å². The first-order valence-corrected chi connectivity index (χ1v) is 11.3. The molecule has 5 nitrogen and oxygen atoms in total. The second-order valence-electron chi connectivity index (χ2n) is 6.23. The normalized spacial score (nSPS) is 10.7. The summed E-state index contributed by atoms with van der Waals surface area (Å²) in [6, 6.07) is 16.6. The van der Waals surface area contributed by atoms with Crippen molar-refractivity contribution in [3.63, 3.8) is 0 Å². The van der Waals surface area contributed by atoms with Crippen LogP contribution in [0.5, 0.6) is 5.75 Å². The summed E-state index contributed by atoms with van der Waals surface area (Å²) in [5.41, 5.74) is 3.98. The minimum absolute atomic E-state index is 0.139. The molecule has 0 atom stereocenters. The van der Waals surface area contributed by atoms with Crippen LogP contribution in [0.4, 0.5) is 4.39 Å². The number of ether oxygens (including phenoxy) is 1. The monoisotopic (exact) mass is 659 g/mol. The van der Waals surface area contributed by atoms with Crippen LogP contribution in [0.3, 0.4) is 0 Å². The van der Waals surface area contributed by atoms with Gasteiger partial charge in [-0.05, 0) is 98.8 Å². The summed E-state index contributed by atoms with van der Waals surface area (Å²) >= 11 is 10.2. The number of nitrogens with zero attached hydrogens (tertiary/aromatic N) is 2. The van der Waals surface area contributed by atoms with Gasteiger partial charge in [0, 0.05) is 5.02 Å². The van der Waals surface area contributed by atoms with Crippen molar-refractivity contribution >= 4 is 68.9 Å². The van der Waals surface area contributed by atoms with Gasteiger partial charge in [0.05, 0.1) is 30.6 Å². The number of hydrogen-bond acceptors (Lipinski definition) is 4. The van der Waals surface area contributed by atoms with Gasteiger partial charge >= 0.3 is 0 Å². The highest BCUT2D eigenvalue weighted by molar-refractivity contribution is 14.1. The van der Waals surface area contributed by atoms with Gasteiger partial charge in [0.2, 0.25) is 0 Å². The molecule has 0 heterocycles. The van der Waals surface area contributed by atoms with E-state index in [1.165, 1.54) is 18.3 Å². The van der Waals surface area contributed by atoms with E-state index in [9.17, 15) is 9.18 Å². The largest absolute Gasteiger partial charge is 0.487 e. The topological polar surface area (TPSA) is 74.5 Å². The molecule has 1 amide bonds. The number of nitriles is 1. The summed E-state index contributed by atoms with van der Waals surface area (Å²) in [5, 5.41) is 13.3. The summed E-state index contributed by atoms with van der Waals surface area (Å²) in [5.74, 6) is -0.736. The predicted molar refractivity (Wildman–Crippen MR) is 134 cm³/mol. The number of rotatable bonds is 6. The molecule has 0 fully saturated rings. The molecule has 0 saturated heterocycles. The van der Waals surface area contributed by atoms with E-state index in [-0.39, 0.29) is 11.1 Å². The Kier molecular flexibility index (Phi) is 8.22. The second-order valence-corrected chi connectivity index (χ2v) is 9.00. The quantitative estimate of drug-likeness (QED) is 0.204. The number of nitrogens with one attached hydrogen (secondary N) is 1. The zero-order valence-electron chi connectivity index (χ0n) is 15.7. The highest BCUT2D eigenvalue weighted by atomic mass is 127. The third-order valence-electron chi connectivity index (χ3n) is 4.04. The average molecular weight is 660 g/mol. The number of carbonyl (C=O) groups excluding carboxylic acids is 1. The summed E-state index contributed by atoms with van der Waals surface area (Å²) in [7, 11) is 0. The van der Waals surface area contributed by atoms with Crippen molar-refractivity contribution in [3.8, 4) is 11.8 Å². The SMILES string of the molecule is N#Cc1ccc(C(=O)N/N=C\c2cc(I)c(OCc3ccc(Cl)cc3)c(I)c2)c(F)c1. The van der Waals surface area contributed by atoms with Crippen molar-refractivity contribution in [1.29, 1.82) is 5.26 Å². The van der Waals surface area contributed by atoms with E-state index in [0.29, 0.717) is 11.6 Å². The zero-order chi connectivity index (χ0) is 22.4. The second kappa shape index (κ2) is 10.9. The molecular weight excluding hydrogens is 647 g/mol. The third kappa shape index (κ3) is 6.38. The molecule has 9 heteroatoms. The Morgan fingerprint density at radius 3 is 2.45 bits per heavy atom. The van der Waals surface area contributed by atoms with Crippen LogP contribution in [0.15, 0.2) is 59.7 Å². The molecule has 0 unspecified atom stereocenters. The van der Waals surface area contributed by atoms with Crippen molar-refractivity contribution in [3.05, 3.63) is 94.8 Å². The first-order valence-electron chi connectivity index (χ1n) is 8.76. The summed E-state index contributed by atoms with van der Waals surface area (Å²) in [6.07, 6.45) is 1.47. The van der Waals surface area contributed by atoms with Crippen molar-refractivity contribution in [2.75, 3.05) is 0 Å². The van der Waals surface area contributed by atoms with Gasteiger partial charge in [-0.25, -0.2) is 9.82 Å². The van der Waals surface area contributed by atoms with Crippen molar-refractivity contribution < 1.29 is 13.9 Å². The minimum Gasteiger partial charge on any atom is -0.487 e. The van der Waals surface area contributed by atoms with Crippen molar-refractivity contribution in [2.24, 2.45) is 5.10 Å². The van der Waals surface area contributed by atoms with E-state index in [1.807, 2.05) is 42.5 Å². The van der Waals surface area contributed by atoms with Gasteiger partial charge in [-0.15, -0.1) is 0 Å². The fraction of sp³-hybridized carbons (Fsp3) is 0.0455. The van der Waals surface area contributed by atoms with Crippen LogP contribution in [0.1, 0.15) is 27.0 Å². The van der Waals surface area contributed by atoms with Crippen LogP contribution in [0, 0.1) is 24.3 Å². The van der Waals surface area contributed by atoms with Crippen molar-refractivity contribution in [1.82, 2.24) is 5.43 Å². The Morgan fingerprint density at radius 2 is 1.84 bits per heavy atom. The molecule has 0 aliphatic rings. The zero-order valence-corrected chi connectivity index (χ0v) is 20.8. The lowest BCUT2D eigenvalue weighted by Gasteiger charge is -2.11. The van der Waals surface area contributed by atoms with Gasteiger partial charge in [0.25, 0.3) is 5.91 Å². The molecule has 156 valence electrons. The lowest BCUT2D eigenvalue weighted by molar-refractivity contribution is 0.0951. The maximum Gasteiger partial charge on any atom is 0.274 e. The molecule has 0 aromatic heterocycles. The number of hydrazone groups is 1. The van der Waals surface area contributed by atoms with E-state index < -0.39 is 11.7 Å². The highest BCUT2D eigenvalue weighted by Gasteiger charge is 2.12. The number of benzene rings is 3. The van der Waals surface area contributed by atoms with Gasteiger partial charge < -0.3 is 4.74 Å². The molecule has 31 heavy (non-hydrogen) atoms. The number of amides is 1. The predicted octanol–water partition coefficient (Wildman–Crippen LogP) is 5.90. The molecule has 1 N–H and O–H groups in total. The smallest absolute Gasteiger partial charge is 0.274 e. The van der Waals surface area contributed by atoms with Crippen LogP contribution in [-0.4, -0.2) is 12.1 Å². The van der Waals surface area contributed by atoms with Crippen LogP contribution in [-0.2, 0) is 6.61 Å². The highest BCUT2D eigenvalue weighted by Crippen LogP contribution is 2.29. The fourth-order valence-corrected chi connectivity index (χ4v) is 4.78. The Morgan fingerprint density at radius 1 is 1.16 bits per heavy atom. The van der Waals surface area contributed by atoms with Crippen molar-refractivity contribution in [2.45, 2.75) is 6.61 Å². The summed E-state index contributed by atoms with van der Waals surface area (Å²) in [4.78, 5) is 12.1. The van der Waals surface area contributed by atoms with E-state index in [0.717, 1.165) is 30.1 Å². The molecule has 0 aliphatic carbocycles. The van der Waals surface area contributed by atoms with E-state index in [1.54, 1.807) is 0 Å². The molecule has 3 aromatic carbocycles. The maximum absolute atomic E-state index is 13.9. The molecule has 0 aliphatic heterocycles. The molecule has 0 spiro atoms. The fourth-order valence-electron chi connectivity index (χ4n) is 2.52. The van der Waals surface area contributed by atoms with E-state index >= 15 is 0 Å². The molecular formula is C22H13ClFI2N3O2. The van der Waals surface area contributed by atoms with E-state index in [4.69, 9.17) is 21.6 Å². The number of carbonyl (C=O) groups is 1. The first-order chi connectivity index (χ1) is 14.9. The van der Waals surface area contributed by atoms with Gasteiger partial charge in [-0.3, -0.25) is 4.79 Å². The number of hydrogen-bond donors (Lipinski definition) is 1. The average Bonchev–Trinajstić information content (AvgIpc) is 2.74. The Balaban J connectivity index is 1.65. The van der Waals surface area contributed by atoms with Crippen LogP contribution in [0.2, 0.25) is 5.02 Å². The third-order valence-corrected chi connectivity index (χ3v) is 5.89. The number of halogens is 4. The van der Waals surface area contributed by atoms with Gasteiger partial charge in [0.1, 0.15) is 18.2 Å². The van der Waals surface area contributed by atoms with Gasteiger partial charge in [0.15, 0.2) is 0 Å². The molecule has 0 bridgehead atoms. The molecule has 3 aromatic rings. The summed E-state index contributed by atoms with van der Waals surface area (Å²) in [6.45, 7) is 0.406. The summed E-state index contributed by atoms with van der Waals surface area (Å²) < 4.78 is 21.6. The molecule has 0 radical (unpaired) electrons. The van der Waals surface area contributed by atoms with Crippen LogP contribution >= 0.6 is 56.8 Å². The Hall–Kier alpha value is -2.23. The minimum atomic E-state index is -0.780. The first kappa shape index (κ1) is 23.4. The van der Waals surface area contributed by atoms with Gasteiger partial charge in [-0.1, -0.05) is 23.7 Å². The molecule has 0 saturated carbocycles. The lowest BCUT2D eigenvalue weighted by Crippen LogP contribution is -2.19. The Labute approximate surface area is 210 Å². The molecule has 3 rings (SSSR count). The standard InChI is InChI=1S/C22H13ClFI2N3O2/c23-16-4-1-13(2-5-16)12-31-21-19(25)8-15(9-20(21)26)11-28-29-22(30)17-6-3-14(10-27)7-18(17)24/h1-9,11H,12H2,(H,29,30)/b28-11-. The maximum atomic E-state index is 13.9. The van der Waals surface area contributed by atoms with E-state index in [2.05, 4.69) is 55.7 Å². The van der Waals surface area contributed by atoms with Crippen LogP contribution in [0.25, 0.3) is 0 Å². The Bertz CT molecular complexity index is 1170.